The number of benzene rings is 2. The van der Waals surface area contributed by atoms with Gasteiger partial charge in [0.25, 0.3) is 0 Å². The molecule has 0 saturated carbocycles. The third-order valence-corrected chi connectivity index (χ3v) is 4.43. The van der Waals surface area contributed by atoms with Crippen LogP contribution >= 0.6 is 0 Å². The van der Waals surface area contributed by atoms with Crippen molar-refractivity contribution < 1.29 is 23.8 Å². The fraction of sp³-hybridized carbons (Fsp3) is 0.333. The van der Waals surface area contributed by atoms with Crippen molar-refractivity contribution in [1.29, 1.82) is 0 Å². The van der Waals surface area contributed by atoms with E-state index in [0.29, 0.717) is 31.6 Å². The van der Waals surface area contributed by atoms with E-state index in [1.54, 1.807) is 12.1 Å². The number of aryl methyl sites for hydroxylation is 1. The molecule has 0 heterocycles. The molecular weight excluding hydrogens is 349 g/mol. The van der Waals surface area contributed by atoms with E-state index in [4.69, 9.17) is 9.84 Å². The van der Waals surface area contributed by atoms with Gasteiger partial charge in [-0.1, -0.05) is 25.1 Å². The molecule has 2 aromatic rings. The van der Waals surface area contributed by atoms with Crippen LogP contribution in [0.5, 0.6) is 5.75 Å². The number of carboxylic acid groups (broad SMARTS) is 1. The maximum absolute atomic E-state index is 13.2. The molecule has 0 aliphatic rings. The second kappa shape index (κ2) is 9.71. The predicted octanol–water partition coefficient (Wildman–Crippen LogP) is 3.46. The Hall–Kier alpha value is -2.89. The Bertz CT molecular complexity index is 807. The molecular formula is C21H24FNO4. The molecule has 1 atom stereocenters. The Morgan fingerprint density at radius 2 is 1.96 bits per heavy atom. The lowest BCUT2D eigenvalue weighted by atomic mass is 10.00. The van der Waals surface area contributed by atoms with E-state index in [0.717, 1.165) is 11.1 Å². The summed E-state index contributed by atoms with van der Waals surface area (Å²) >= 11 is 0. The number of hydrogen-bond donors (Lipinski definition) is 2. The number of ether oxygens (including phenoxy) is 1. The van der Waals surface area contributed by atoms with Crippen LogP contribution in [-0.4, -0.2) is 30.6 Å². The largest absolute Gasteiger partial charge is 0.496 e. The smallest absolute Gasteiger partial charge is 0.335 e. The molecule has 0 radical (unpaired) electrons. The van der Waals surface area contributed by atoms with Crippen molar-refractivity contribution in [3.63, 3.8) is 0 Å². The van der Waals surface area contributed by atoms with Gasteiger partial charge in [0.1, 0.15) is 11.6 Å². The molecule has 0 fully saturated rings. The van der Waals surface area contributed by atoms with Gasteiger partial charge >= 0.3 is 5.97 Å². The maximum Gasteiger partial charge on any atom is 0.335 e. The Labute approximate surface area is 158 Å². The van der Waals surface area contributed by atoms with Gasteiger partial charge in [0.15, 0.2) is 0 Å². The van der Waals surface area contributed by atoms with E-state index in [2.05, 4.69) is 5.32 Å². The second-order valence-corrected chi connectivity index (χ2v) is 6.44. The topological polar surface area (TPSA) is 75.6 Å². The minimum Gasteiger partial charge on any atom is -0.496 e. The molecule has 1 unspecified atom stereocenters. The number of methoxy groups -OCH3 is 1. The zero-order chi connectivity index (χ0) is 19.8. The molecule has 2 N–H and O–H groups in total. The Morgan fingerprint density at radius 1 is 1.19 bits per heavy atom. The van der Waals surface area contributed by atoms with Crippen molar-refractivity contribution in [1.82, 2.24) is 5.32 Å². The van der Waals surface area contributed by atoms with Crippen molar-refractivity contribution in [3.05, 3.63) is 65.0 Å². The number of carboxylic acids is 1. The minimum absolute atomic E-state index is 0.0625. The number of carbonyl (C=O) groups excluding carboxylic acids is 1. The van der Waals surface area contributed by atoms with Gasteiger partial charge in [-0.25, -0.2) is 9.18 Å². The number of hydrogen-bond acceptors (Lipinski definition) is 3. The Kier molecular flexibility index (Phi) is 7.34. The lowest BCUT2D eigenvalue weighted by molar-refractivity contribution is -0.124. The highest BCUT2D eigenvalue weighted by molar-refractivity contribution is 5.88. The second-order valence-electron chi connectivity index (χ2n) is 6.44. The van der Waals surface area contributed by atoms with Gasteiger partial charge in [0.05, 0.1) is 12.7 Å². The monoisotopic (exact) mass is 373 g/mol. The first-order valence-corrected chi connectivity index (χ1v) is 8.83. The molecule has 0 bridgehead atoms. The van der Waals surface area contributed by atoms with E-state index >= 15 is 0 Å². The molecule has 2 rings (SSSR count). The summed E-state index contributed by atoms with van der Waals surface area (Å²) in [5.74, 6) is -1.05. The van der Waals surface area contributed by atoms with E-state index in [1.807, 2.05) is 13.0 Å². The molecule has 0 aliphatic carbocycles. The van der Waals surface area contributed by atoms with Crippen LogP contribution in [0.2, 0.25) is 0 Å². The zero-order valence-electron chi connectivity index (χ0n) is 15.5. The highest BCUT2D eigenvalue weighted by Crippen LogP contribution is 2.20. The quantitative estimate of drug-likeness (QED) is 0.706. The number of amides is 1. The van der Waals surface area contributed by atoms with Gasteiger partial charge < -0.3 is 15.2 Å². The highest BCUT2D eigenvalue weighted by Gasteiger charge is 2.14. The number of halogens is 1. The molecule has 2 aromatic carbocycles. The first-order valence-electron chi connectivity index (χ1n) is 8.83. The SMILES string of the molecule is COc1cc(C(=O)O)ccc1CCNC(=O)C(C)CCc1cccc(F)c1. The Morgan fingerprint density at radius 3 is 2.63 bits per heavy atom. The normalized spacial score (nSPS) is 11.7. The summed E-state index contributed by atoms with van der Waals surface area (Å²) in [4.78, 5) is 23.2. The van der Waals surface area contributed by atoms with Crippen LogP contribution in [0.3, 0.4) is 0 Å². The molecule has 5 nitrogen and oxygen atoms in total. The molecule has 1 amide bonds. The Balaban J connectivity index is 1.82. The van der Waals surface area contributed by atoms with E-state index < -0.39 is 5.97 Å². The number of carbonyl (C=O) groups is 2. The molecule has 0 aromatic heterocycles. The van der Waals surface area contributed by atoms with Crippen molar-refractivity contribution >= 4 is 11.9 Å². The lowest BCUT2D eigenvalue weighted by Crippen LogP contribution is -2.31. The third kappa shape index (κ3) is 6.09. The predicted molar refractivity (Wildman–Crippen MR) is 101 cm³/mol. The average Bonchev–Trinajstić information content (AvgIpc) is 2.66. The summed E-state index contributed by atoms with van der Waals surface area (Å²) in [7, 11) is 1.48. The lowest BCUT2D eigenvalue weighted by Gasteiger charge is -2.13. The van der Waals surface area contributed by atoms with Crippen LogP contribution in [0.25, 0.3) is 0 Å². The maximum atomic E-state index is 13.2. The molecule has 27 heavy (non-hydrogen) atoms. The van der Waals surface area contributed by atoms with Gasteiger partial charge in [0, 0.05) is 12.5 Å². The summed E-state index contributed by atoms with van der Waals surface area (Å²) in [5, 5.41) is 11.9. The fourth-order valence-corrected chi connectivity index (χ4v) is 2.79. The zero-order valence-corrected chi connectivity index (χ0v) is 15.5. The summed E-state index contributed by atoms with van der Waals surface area (Å²) in [5.41, 5.74) is 1.86. The third-order valence-electron chi connectivity index (χ3n) is 4.43. The number of rotatable bonds is 9. The molecule has 0 spiro atoms. The molecule has 6 heteroatoms. The number of aromatic carboxylic acids is 1. The van der Waals surface area contributed by atoms with Crippen molar-refractivity contribution in [3.8, 4) is 5.75 Å². The molecule has 0 saturated heterocycles. The molecule has 144 valence electrons. The van der Waals surface area contributed by atoms with Crippen LogP contribution in [0.4, 0.5) is 4.39 Å². The van der Waals surface area contributed by atoms with Crippen molar-refractivity contribution in [2.24, 2.45) is 5.92 Å². The van der Waals surface area contributed by atoms with Crippen LogP contribution in [0.1, 0.15) is 34.8 Å². The minimum atomic E-state index is -1.01. The summed E-state index contributed by atoms with van der Waals surface area (Å²) in [6, 6.07) is 11.1. The fourth-order valence-electron chi connectivity index (χ4n) is 2.79. The van der Waals surface area contributed by atoms with E-state index in [-0.39, 0.29) is 23.2 Å². The van der Waals surface area contributed by atoms with Crippen LogP contribution < -0.4 is 10.1 Å². The van der Waals surface area contributed by atoms with Gasteiger partial charge in [-0.3, -0.25) is 4.79 Å². The summed E-state index contributed by atoms with van der Waals surface area (Å²) < 4.78 is 18.4. The van der Waals surface area contributed by atoms with Gasteiger partial charge in [-0.15, -0.1) is 0 Å². The first-order chi connectivity index (χ1) is 12.9. The molecule has 0 aliphatic heterocycles. The van der Waals surface area contributed by atoms with Crippen LogP contribution in [0.15, 0.2) is 42.5 Å². The summed E-state index contributed by atoms with van der Waals surface area (Å²) in [6.07, 6.45) is 1.80. The average molecular weight is 373 g/mol. The van der Waals surface area contributed by atoms with Gasteiger partial charge in [0.2, 0.25) is 5.91 Å². The van der Waals surface area contributed by atoms with Gasteiger partial charge in [-0.2, -0.15) is 0 Å². The standard InChI is InChI=1S/C21H24FNO4/c1-14(6-7-15-4-3-5-18(22)12-15)20(24)23-11-10-16-8-9-17(21(25)26)13-19(16)27-2/h3-5,8-9,12-14H,6-7,10-11H2,1-2H3,(H,23,24)(H,25,26). The van der Waals surface area contributed by atoms with Crippen LogP contribution in [0, 0.1) is 11.7 Å². The van der Waals surface area contributed by atoms with E-state index in [1.165, 1.54) is 31.4 Å². The highest BCUT2D eigenvalue weighted by atomic mass is 19.1. The van der Waals surface area contributed by atoms with Crippen LogP contribution in [-0.2, 0) is 17.6 Å². The first kappa shape index (κ1) is 20.4. The van der Waals surface area contributed by atoms with E-state index in [9.17, 15) is 14.0 Å². The van der Waals surface area contributed by atoms with Crippen molar-refractivity contribution in [2.75, 3.05) is 13.7 Å². The van der Waals surface area contributed by atoms with Crippen molar-refractivity contribution in [2.45, 2.75) is 26.2 Å². The summed E-state index contributed by atoms with van der Waals surface area (Å²) in [6.45, 7) is 2.27. The van der Waals surface area contributed by atoms with Gasteiger partial charge in [-0.05, 0) is 54.7 Å². The number of nitrogens with one attached hydrogen (secondary N) is 1.